The van der Waals surface area contributed by atoms with E-state index in [4.69, 9.17) is 0 Å². The topological polar surface area (TPSA) is 12.0 Å². The molecule has 1 heteroatoms. The molecule has 0 bridgehead atoms. The van der Waals surface area contributed by atoms with Crippen LogP contribution in [0.4, 0.5) is 0 Å². The number of hydrogen-bond donors (Lipinski definition) is 1. The van der Waals surface area contributed by atoms with Crippen molar-refractivity contribution in [1.82, 2.24) is 5.32 Å². The second-order valence-electron chi connectivity index (χ2n) is 6.30. The van der Waals surface area contributed by atoms with E-state index in [1.807, 2.05) is 0 Å². The van der Waals surface area contributed by atoms with Gasteiger partial charge in [0.2, 0.25) is 0 Å². The van der Waals surface area contributed by atoms with Crippen molar-refractivity contribution in [1.29, 1.82) is 0 Å². The highest BCUT2D eigenvalue weighted by molar-refractivity contribution is 5.24. The molecule has 2 rings (SSSR count). The van der Waals surface area contributed by atoms with Gasteiger partial charge in [-0.25, -0.2) is 0 Å². The average molecular weight is 245 g/mol. The summed E-state index contributed by atoms with van der Waals surface area (Å²) in [4.78, 5) is 0. The van der Waals surface area contributed by atoms with Gasteiger partial charge in [-0.15, -0.1) is 0 Å². The van der Waals surface area contributed by atoms with E-state index in [1.54, 1.807) is 0 Å². The van der Waals surface area contributed by atoms with Gasteiger partial charge < -0.3 is 5.32 Å². The fourth-order valence-corrected chi connectivity index (χ4v) is 3.27. The van der Waals surface area contributed by atoms with E-state index in [-0.39, 0.29) is 0 Å². The Hall–Kier alpha value is -0.820. The van der Waals surface area contributed by atoms with Crippen LogP contribution in [0.2, 0.25) is 0 Å². The highest BCUT2D eigenvalue weighted by Gasteiger charge is 2.26. The van der Waals surface area contributed by atoms with Crippen molar-refractivity contribution in [3.05, 3.63) is 35.4 Å². The van der Waals surface area contributed by atoms with E-state index < -0.39 is 0 Å². The summed E-state index contributed by atoms with van der Waals surface area (Å²) < 4.78 is 0. The Morgan fingerprint density at radius 3 is 2.67 bits per heavy atom. The molecule has 0 amide bonds. The minimum atomic E-state index is 0.464. The van der Waals surface area contributed by atoms with Gasteiger partial charge in [0.1, 0.15) is 0 Å². The predicted molar refractivity (Wildman–Crippen MR) is 78.7 cm³/mol. The highest BCUT2D eigenvalue weighted by atomic mass is 15.0. The van der Waals surface area contributed by atoms with Crippen molar-refractivity contribution < 1.29 is 0 Å². The first-order valence-corrected chi connectivity index (χ1v) is 7.39. The molecule has 18 heavy (non-hydrogen) atoms. The Morgan fingerprint density at radius 2 is 2.00 bits per heavy atom. The van der Waals surface area contributed by atoms with E-state index >= 15 is 0 Å². The smallest absolute Gasteiger partial charge is 0.0294 e. The third-order valence-electron chi connectivity index (χ3n) is 4.44. The Kier molecular flexibility index (Phi) is 4.45. The van der Waals surface area contributed by atoms with E-state index in [9.17, 15) is 0 Å². The van der Waals surface area contributed by atoms with Crippen LogP contribution in [0.5, 0.6) is 0 Å². The summed E-state index contributed by atoms with van der Waals surface area (Å²) in [7, 11) is 0. The lowest BCUT2D eigenvalue weighted by Crippen LogP contribution is -2.40. The maximum absolute atomic E-state index is 3.83. The van der Waals surface area contributed by atoms with Gasteiger partial charge in [0.25, 0.3) is 0 Å². The van der Waals surface area contributed by atoms with Crippen LogP contribution in [0.3, 0.4) is 0 Å². The summed E-state index contributed by atoms with van der Waals surface area (Å²) in [5.41, 5.74) is 2.77. The molecule has 0 aliphatic heterocycles. The first kappa shape index (κ1) is 13.6. The van der Waals surface area contributed by atoms with Gasteiger partial charge in [-0.05, 0) is 50.5 Å². The normalized spacial score (nSPS) is 30.1. The summed E-state index contributed by atoms with van der Waals surface area (Å²) in [6.07, 6.45) is 4.08. The summed E-state index contributed by atoms with van der Waals surface area (Å²) in [6.45, 7) is 9.24. The van der Waals surface area contributed by atoms with Gasteiger partial charge in [0.15, 0.2) is 0 Å². The molecule has 1 N–H and O–H groups in total. The maximum Gasteiger partial charge on any atom is 0.0294 e. The van der Waals surface area contributed by atoms with Gasteiger partial charge in [-0.2, -0.15) is 0 Å². The summed E-state index contributed by atoms with van der Waals surface area (Å²) >= 11 is 0. The molecule has 1 nitrogen and oxygen atoms in total. The molecule has 1 aliphatic rings. The Bertz CT molecular complexity index is 385. The lowest BCUT2D eigenvalue weighted by molar-refractivity contribution is 0.216. The monoisotopic (exact) mass is 245 g/mol. The van der Waals surface area contributed by atoms with E-state index in [0.29, 0.717) is 12.1 Å². The zero-order valence-corrected chi connectivity index (χ0v) is 12.2. The zero-order chi connectivity index (χ0) is 13.1. The standard InChI is InChI=1S/C17H27N/c1-12-6-5-7-16(11-12)15(4)18-17-9-8-13(2)10-14(17)3/h5-7,11,13-15,17-18H,8-10H2,1-4H3/t13?,14?,15-,17?/m0/s1. The van der Waals surface area contributed by atoms with Crippen LogP contribution in [-0.2, 0) is 0 Å². The van der Waals surface area contributed by atoms with Crippen LogP contribution in [0.15, 0.2) is 24.3 Å². The number of hydrogen-bond acceptors (Lipinski definition) is 1. The van der Waals surface area contributed by atoms with Gasteiger partial charge in [-0.1, -0.05) is 43.7 Å². The largest absolute Gasteiger partial charge is 0.307 e. The molecule has 1 aliphatic carbocycles. The molecular weight excluding hydrogens is 218 g/mol. The molecule has 0 aromatic heterocycles. The van der Waals surface area contributed by atoms with Crippen molar-refractivity contribution in [3.63, 3.8) is 0 Å². The predicted octanol–water partition coefficient (Wildman–Crippen LogP) is 4.47. The Labute approximate surface area is 112 Å². The van der Waals surface area contributed by atoms with Crippen molar-refractivity contribution in [2.45, 2.75) is 59.0 Å². The summed E-state index contributed by atoms with van der Waals surface area (Å²) in [5, 5.41) is 3.83. The SMILES string of the molecule is Cc1cccc([C@H](C)NC2CCC(C)CC2C)c1. The number of nitrogens with one attached hydrogen (secondary N) is 1. The van der Waals surface area contributed by atoms with Gasteiger partial charge >= 0.3 is 0 Å². The van der Waals surface area contributed by atoms with E-state index in [0.717, 1.165) is 11.8 Å². The fourth-order valence-electron chi connectivity index (χ4n) is 3.27. The van der Waals surface area contributed by atoms with Gasteiger partial charge in [-0.3, -0.25) is 0 Å². The molecule has 0 heterocycles. The van der Waals surface area contributed by atoms with E-state index in [2.05, 4.69) is 57.3 Å². The van der Waals surface area contributed by atoms with Gasteiger partial charge in [0, 0.05) is 12.1 Å². The van der Waals surface area contributed by atoms with Crippen LogP contribution in [0, 0.1) is 18.8 Å². The Morgan fingerprint density at radius 1 is 1.22 bits per heavy atom. The zero-order valence-electron chi connectivity index (χ0n) is 12.2. The Balaban J connectivity index is 1.97. The first-order valence-electron chi connectivity index (χ1n) is 7.39. The van der Waals surface area contributed by atoms with Crippen LogP contribution >= 0.6 is 0 Å². The molecule has 3 unspecified atom stereocenters. The molecule has 0 saturated heterocycles. The van der Waals surface area contributed by atoms with Crippen LogP contribution in [-0.4, -0.2) is 6.04 Å². The molecular formula is C17H27N. The third-order valence-corrected chi connectivity index (χ3v) is 4.44. The first-order chi connectivity index (χ1) is 8.56. The molecule has 1 saturated carbocycles. The lowest BCUT2D eigenvalue weighted by atomic mass is 9.79. The third kappa shape index (κ3) is 3.35. The number of rotatable bonds is 3. The summed E-state index contributed by atoms with van der Waals surface area (Å²) in [6, 6.07) is 10.0. The van der Waals surface area contributed by atoms with Crippen LogP contribution in [0.1, 0.15) is 57.2 Å². The van der Waals surface area contributed by atoms with Crippen molar-refractivity contribution in [2.24, 2.45) is 11.8 Å². The minimum Gasteiger partial charge on any atom is -0.307 e. The summed E-state index contributed by atoms with van der Waals surface area (Å²) in [5.74, 6) is 1.72. The molecule has 1 fully saturated rings. The van der Waals surface area contributed by atoms with Gasteiger partial charge in [0.05, 0.1) is 0 Å². The highest BCUT2D eigenvalue weighted by Crippen LogP contribution is 2.30. The molecule has 1 aromatic rings. The van der Waals surface area contributed by atoms with E-state index in [1.165, 1.54) is 30.4 Å². The van der Waals surface area contributed by atoms with Crippen LogP contribution < -0.4 is 5.32 Å². The van der Waals surface area contributed by atoms with Crippen molar-refractivity contribution >= 4 is 0 Å². The average Bonchev–Trinajstić information content (AvgIpc) is 2.32. The molecule has 0 spiro atoms. The molecule has 100 valence electrons. The second kappa shape index (κ2) is 5.88. The van der Waals surface area contributed by atoms with Crippen molar-refractivity contribution in [3.8, 4) is 0 Å². The maximum atomic E-state index is 3.83. The number of aryl methyl sites for hydroxylation is 1. The second-order valence-corrected chi connectivity index (χ2v) is 6.30. The molecule has 4 atom stereocenters. The minimum absolute atomic E-state index is 0.464. The number of benzene rings is 1. The molecule has 0 radical (unpaired) electrons. The molecule has 1 aromatic carbocycles. The van der Waals surface area contributed by atoms with Crippen LogP contribution in [0.25, 0.3) is 0 Å². The lowest BCUT2D eigenvalue weighted by Gasteiger charge is -2.35. The van der Waals surface area contributed by atoms with Crippen molar-refractivity contribution in [2.75, 3.05) is 0 Å². The fraction of sp³-hybridized carbons (Fsp3) is 0.647. The quantitative estimate of drug-likeness (QED) is 0.828.